The van der Waals surface area contributed by atoms with Crippen LogP contribution in [0.15, 0.2) is 67.0 Å². The van der Waals surface area contributed by atoms with Crippen LogP contribution in [0.1, 0.15) is 26.3 Å². The standard InChI is InChI=1S/C22H21N3/c1-22(2,3)16-10-8-15(9-11-16)21-19(14-24-25-21)17-12-13-23-20-7-5-4-6-18(17)20/h4-14H,1-3H3,(H,24,25). The Balaban J connectivity index is 1.84. The Labute approximate surface area is 147 Å². The zero-order valence-corrected chi connectivity index (χ0v) is 14.7. The lowest BCUT2D eigenvalue weighted by atomic mass is 9.86. The lowest BCUT2D eigenvalue weighted by Crippen LogP contribution is -2.10. The molecule has 25 heavy (non-hydrogen) atoms. The number of pyridine rings is 1. The summed E-state index contributed by atoms with van der Waals surface area (Å²) in [7, 11) is 0. The molecule has 0 aliphatic rings. The maximum atomic E-state index is 4.46. The molecule has 4 rings (SSSR count). The number of benzene rings is 2. The third-order valence-corrected chi connectivity index (χ3v) is 4.62. The van der Waals surface area contributed by atoms with Crippen LogP contribution in [0.5, 0.6) is 0 Å². The van der Waals surface area contributed by atoms with Gasteiger partial charge in [0.15, 0.2) is 0 Å². The average molecular weight is 327 g/mol. The third-order valence-electron chi connectivity index (χ3n) is 4.62. The Bertz CT molecular complexity index is 1020. The second-order valence-corrected chi connectivity index (χ2v) is 7.36. The molecule has 0 fully saturated rings. The van der Waals surface area contributed by atoms with E-state index >= 15 is 0 Å². The fourth-order valence-corrected chi connectivity index (χ4v) is 3.18. The van der Waals surface area contributed by atoms with Crippen molar-refractivity contribution in [3.8, 4) is 22.4 Å². The number of nitrogens with one attached hydrogen (secondary N) is 1. The number of aromatic nitrogens is 3. The Kier molecular flexibility index (Phi) is 3.65. The highest BCUT2D eigenvalue weighted by Crippen LogP contribution is 2.34. The minimum absolute atomic E-state index is 0.149. The van der Waals surface area contributed by atoms with Gasteiger partial charge in [-0.05, 0) is 28.7 Å². The molecule has 2 heterocycles. The normalized spacial score (nSPS) is 11.8. The average Bonchev–Trinajstić information content (AvgIpc) is 3.10. The van der Waals surface area contributed by atoms with Crippen molar-refractivity contribution >= 4 is 10.9 Å². The molecular formula is C22H21N3. The van der Waals surface area contributed by atoms with E-state index < -0.39 is 0 Å². The van der Waals surface area contributed by atoms with E-state index in [4.69, 9.17) is 0 Å². The van der Waals surface area contributed by atoms with Gasteiger partial charge in [0, 0.05) is 22.7 Å². The molecular weight excluding hydrogens is 306 g/mol. The van der Waals surface area contributed by atoms with Crippen LogP contribution in [0.25, 0.3) is 33.3 Å². The fourth-order valence-electron chi connectivity index (χ4n) is 3.18. The first-order chi connectivity index (χ1) is 12.0. The van der Waals surface area contributed by atoms with Crippen molar-refractivity contribution in [3.63, 3.8) is 0 Å². The Morgan fingerprint density at radius 2 is 1.60 bits per heavy atom. The van der Waals surface area contributed by atoms with Crippen LogP contribution in [0, 0.1) is 0 Å². The summed E-state index contributed by atoms with van der Waals surface area (Å²) in [5.41, 5.74) is 6.90. The van der Waals surface area contributed by atoms with E-state index in [0.29, 0.717) is 0 Å². The summed E-state index contributed by atoms with van der Waals surface area (Å²) in [5, 5.41) is 8.62. The quantitative estimate of drug-likeness (QED) is 0.521. The zero-order chi connectivity index (χ0) is 17.4. The molecule has 0 aliphatic carbocycles. The van der Waals surface area contributed by atoms with Gasteiger partial charge in [0.25, 0.3) is 0 Å². The number of hydrogen-bond acceptors (Lipinski definition) is 2. The molecule has 3 heteroatoms. The van der Waals surface area contributed by atoms with Crippen LogP contribution in [0.4, 0.5) is 0 Å². The lowest BCUT2D eigenvalue weighted by molar-refractivity contribution is 0.590. The first-order valence-electron chi connectivity index (χ1n) is 8.52. The maximum Gasteiger partial charge on any atom is 0.0728 e. The molecule has 0 radical (unpaired) electrons. The van der Waals surface area contributed by atoms with Gasteiger partial charge in [0.2, 0.25) is 0 Å². The highest BCUT2D eigenvalue weighted by atomic mass is 15.1. The van der Waals surface area contributed by atoms with Gasteiger partial charge >= 0.3 is 0 Å². The van der Waals surface area contributed by atoms with Crippen LogP contribution >= 0.6 is 0 Å². The molecule has 3 nitrogen and oxygen atoms in total. The van der Waals surface area contributed by atoms with Crippen LogP contribution in [-0.4, -0.2) is 15.2 Å². The number of fused-ring (bicyclic) bond motifs is 1. The van der Waals surface area contributed by atoms with Crippen molar-refractivity contribution in [2.24, 2.45) is 0 Å². The summed E-state index contributed by atoms with van der Waals surface area (Å²) in [6, 6.07) is 19.0. The molecule has 124 valence electrons. The first kappa shape index (κ1) is 15.6. The summed E-state index contributed by atoms with van der Waals surface area (Å²) in [4.78, 5) is 4.46. The van der Waals surface area contributed by atoms with Gasteiger partial charge in [-0.2, -0.15) is 5.10 Å². The van der Waals surface area contributed by atoms with Crippen LogP contribution < -0.4 is 0 Å². The predicted molar refractivity (Wildman–Crippen MR) is 103 cm³/mol. The molecule has 1 N–H and O–H groups in total. The summed E-state index contributed by atoms with van der Waals surface area (Å²) in [6.07, 6.45) is 3.76. The molecule has 0 aliphatic heterocycles. The van der Waals surface area contributed by atoms with Gasteiger partial charge < -0.3 is 0 Å². The minimum Gasteiger partial charge on any atom is -0.277 e. The van der Waals surface area contributed by atoms with E-state index in [9.17, 15) is 0 Å². The molecule has 0 atom stereocenters. The first-order valence-corrected chi connectivity index (χ1v) is 8.52. The van der Waals surface area contributed by atoms with E-state index in [1.807, 2.05) is 30.6 Å². The molecule has 0 amide bonds. The summed E-state index contributed by atoms with van der Waals surface area (Å²) < 4.78 is 0. The largest absolute Gasteiger partial charge is 0.277 e. The van der Waals surface area contributed by atoms with Crippen molar-refractivity contribution in [3.05, 3.63) is 72.6 Å². The Morgan fingerprint density at radius 3 is 2.36 bits per heavy atom. The van der Waals surface area contributed by atoms with Gasteiger partial charge in [-0.15, -0.1) is 0 Å². The van der Waals surface area contributed by atoms with Crippen LogP contribution in [-0.2, 0) is 5.41 Å². The second-order valence-electron chi connectivity index (χ2n) is 7.36. The molecule has 2 aromatic carbocycles. The molecule has 0 saturated heterocycles. The number of aromatic amines is 1. The van der Waals surface area contributed by atoms with Crippen LogP contribution in [0.3, 0.4) is 0 Å². The SMILES string of the molecule is CC(C)(C)c1ccc(-c2[nH]ncc2-c2ccnc3ccccc23)cc1. The van der Waals surface area contributed by atoms with E-state index in [-0.39, 0.29) is 5.41 Å². The lowest BCUT2D eigenvalue weighted by Gasteiger charge is -2.19. The molecule has 4 aromatic rings. The van der Waals surface area contributed by atoms with E-state index in [1.165, 1.54) is 5.56 Å². The third kappa shape index (κ3) is 2.82. The van der Waals surface area contributed by atoms with E-state index in [1.54, 1.807) is 0 Å². The zero-order valence-electron chi connectivity index (χ0n) is 14.7. The molecule has 2 aromatic heterocycles. The fraction of sp³-hybridized carbons (Fsp3) is 0.182. The Morgan fingerprint density at radius 1 is 0.840 bits per heavy atom. The predicted octanol–water partition coefficient (Wildman–Crippen LogP) is 5.59. The molecule has 0 unspecified atom stereocenters. The summed E-state index contributed by atoms with van der Waals surface area (Å²) in [6.45, 7) is 6.69. The molecule has 0 spiro atoms. The van der Waals surface area contributed by atoms with Gasteiger partial charge in [-0.3, -0.25) is 10.1 Å². The van der Waals surface area contributed by atoms with E-state index in [0.717, 1.165) is 33.3 Å². The van der Waals surface area contributed by atoms with Crippen molar-refractivity contribution in [2.75, 3.05) is 0 Å². The topological polar surface area (TPSA) is 41.6 Å². The van der Waals surface area contributed by atoms with E-state index in [2.05, 4.69) is 72.4 Å². The monoisotopic (exact) mass is 327 g/mol. The van der Waals surface area contributed by atoms with Crippen LogP contribution in [0.2, 0.25) is 0 Å². The van der Waals surface area contributed by atoms with Crippen molar-refractivity contribution in [1.29, 1.82) is 0 Å². The smallest absolute Gasteiger partial charge is 0.0728 e. The van der Waals surface area contributed by atoms with Gasteiger partial charge in [0.1, 0.15) is 0 Å². The molecule has 0 saturated carbocycles. The van der Waals surface area contributed by atoms with Gasteiger partial charge in [0.05, 0.1) is 17.4 Å². The maximum absolute atomic E-state index is 4.46. The van der Waals surface area contributed by atoms with Crippen molar-refractivity contribution in [1.82, 2.24) is 15.2 Å². The second kappa shape index (κ2) is 5.85. The number of hydrogen-bond donors (Lipinski definition) is 1. The summed E-state index contributed by atoms with van der Waals surface area (Å²) in [5.74, 6) is 0. The number of nitrogens with zero attached hydrogens (tertiary/aromatic N) is 2. The van der Waals surface area contributed by atoms with Gasteiger partial charge in [-0.1, -0.05) is 63.2 Å². The number of rotatable bonds is 2. The number of para-hydroxylation sites is 1. The highest BCUT2D eigenvalue weighted by Gasteiger charge is 2.16. The highest BCUT2D eigenvalue weighted by molar-refractivity contribution is 5.97. The van der Waals surface area contributed by atoms with Gasteiger partial charge in [-0.25, -0.2) is 0 Å². The van der Waals surface area contributed by atoms with Crippen molar-refractivity contribution in [2.45, 2.75) is 26.2 Å². The Hall–Kier alpha value is -2.94. The summed E-state index contributed by atoms with van der Waals surface area (Å²) >= 11 is 0. The van der Waals surface area contributed by atoms with Crippen molar-refractivity contribution < 1.29 is 0 Å². The number of H-pyrrole nitrogens is 1. The minimum atomic E-state index is 0.149. The molecule has 0 bridgehead atoms.